The Balaban J connectivity index is 2.33. The average molecular weight is 242 g/mol. The summed E-state index contributed by atoms with van der Waals surface area (Å²) in [5.41, 5.74) is 7.10. The quantitative estimate of drug-likeness (QED) is 0.732. The Bertz CT molecular complexity index is 580. The van der Waals surface area contributed by atoms with Crippen LogP contribution in [0.3, 0.4) is 0 Å². The first-order valence-corrected chi connectivity index (χ1v) is 7.00. The second kappa shape index (κ2) is 4.43. The predicted molar refractivity (Wildman–Crippen MR) is 77.1 cm³/mol. The normalized spacial score (nSPS) is 19.8. The Labute approximate surface area is 109 Å². The molecule has 1 aliphatic carbocycles. The summed E-state index contributed by atoms with van der Waals surface area (Å²) in [5.74, 6) is 0. The molecule has 0 spiro atoms. The van der Waals surface area contributed by atoms with Crippen molar-refractivity contribution >= 4 is 10.9 Å². The van der Waals surface area contributed by atoms with E-state index in [2.05, 4.69) is 43.3 Å². The maximum Gasteiger partial charge on any atom is 0.0491 e. The molecule has 1 aromatic carbocycles. The third kappa shape index (κ3) is 1.67. The predicted octanol–water partition coefficient (Wildman–Crippen LogP) is 3.77. The highest BCUT2D eigenvalue weighted by atomic mass is 14.9. The summed E-state index contributed by atoms with van der Waals surface area (Å²) in [6.07, 6.45) is 5.07. The zero-order valence-corrected chi connectivity index (χ0v) is 11.6. The maximum absolute atomic E-state index is 3.69. The first kappa shape index (κ1) is 11.8. The standard InChI is InChI=1S/C16H22N2/c1-10-8-9-11(2)16-14(10)15-12(17-3)6-4-5-7-13(15)18-16/h8-9,12,17-18H,4-7H2,1-3H3. The number of rotatable bonds is 1. The van der Waals surface area contributed by atoms with Crippen LogP contribution in [0.15, 0.2) is 12.1 Å². The minimum atomic E-state index is 0.511. The van der Waals surface area contributed by atoms with Gasteiger partial charge in [0.15, 0.2) is 0 Å². The first-order chi connectivity index (χ1) is 8.72. The van der Waals surface area contributed by atoms with Crippen LogP contribution in [-0.4, -0.2) is 12.0 Å². The molecule has 0 saturated heterocycles. The first-order valence-electron chi connectivity index (χ1n) is 7.00. The third-order valence-electron chi connectivity index (χ3n) is 4.36. The molecular formula is C16H22N2. The van der Waals surface area contributed by atoms with E-state index in [1.807, 2.05) is 0 Å². The van der Waals surface area contributed by atoms with Crippen molar-refractivity contribution in [1.29, 1.82) is 0 Å². The Hall–Kier alpha value is -1.28. The van der Waals surface area contributed by atoms with Crippen molar-refractivity contribution in [3.05, 3.63) is 34.5 Å². The van der Waals surface area contributed by atoms with Gasteiger partial charge in [-0.2, -0.15) is 0 Å². The van der Waals surface area contributed by atoms with Crippen molar-refractivity contribution in [3.8, 4) is 0 Å². The molecule has 0 saturated carbocycles. The topological polar surface area (TPSA) is 27.8 Å². The largest absolute Gasteiger partial charge is 0.358 e. The number of nitrogens with one attached hydrogen (secondary N) is 2. The van der Waals surface area contributed by atoms with Gasteiger partial charge in [-0.25, -0.2) is 0 Å². The van der Waals surface area contributed by atoms with Crippen LogP contribution < -0.4 is 5.32 Å². The number of aromatic nitrogens is 1. The Morgan fingerprint density at radius 1 is 1.17 bits per heavy atom. The lowest BCUT2D eigenvalue weighted by Gasteiger charge is -2.15. The summed E-state index contributed by atoms with van der Waals surface area (Å²) in [6.45, 7) is 4.43. The zero-order chi connectivity index (χ0) is 12.7. The molecule has 0 aliphatic heterocycles. The molecule has 1 aliphatic rings. The molecule has 0 bridgehead atoms. The lowest BCUT2D eigenvalue weighted by molar-refractivity contribution is 0.536. The van der Waals surface area contributed by atoms with Gasteiger partial charge in [-0.3, -0.25) is 0 Å². The molecule has 0 radical (unpaired) electrons. The van der Waals surface area contributed by atoms with E-state index in [9.17, 15) is 0 Å². The maximum atomic E-state index is 3.69. The third-order valence-corrected chi connectivity index (χ3v) is 4.36. The van der Waals surface area contributed by atoms with Gasteiger partial charge in [0, 0.05) is 22.6 Å². The van der Waals surface area contributed by atoms with Crippen molar-refractivity contribution in [3.63, 3.8) is 0 Å². The second-order valence-electron chi connectivity index (χ2n) is 5.55. The van der Waals surface area contributed by atoms with Gasteiger partial charge in [-0.1, -0.05) is 18.6 Å². The van der Waals surface area contributed by atoms with E-state index in [-0.39, 0.29) is 0 Å². The molecule has 2 nitrogen and oxygen atoms in total. The lowest BCUT2D eigenvalue weighted by atomic mass is 9.97. The van der Waals surface area contributed by atoms with Gasteiger partial charge in [0.05, 0.1) is 0 Å². The number of benzene rings is 1. The van der Waals surface area contributed by atoms with Gasteiger partial charge in [-0.15, -0.1) is 0 Å². The molecular weight excluding hydrogens is 220 g/mol. The fraction of sp³-hybridized carbons (Fsp3) is 0.500. The van der Waals surface area contributed by atoms with Crippen LogP contribution >= 0.6 is 0 Å². The monoisotopic (exact) mass is 242 g/mol. The van der Waals surface area contributed by atoms with Crippen molar-refractivity contribution in [2.24, 2.45) is 0 Å². The number of aryl methyl sites for hydroxylation is 3. The number of aromatic amines is 1. The number of H-pyrrole nitrogens is 1. The number of hydrogen-bond donors (Lipinski definition) is 2. The highest BCUT2D eigenvalue weighted by molar-refractivity contribution is 5.90. The average Bonchev–Trinajstić information content (AvgIpc) is 2.64. The van der Waals surface area contributed by atoms with Crippen molar-refractivity contribution in [1.82, 2.24) is 10.3 Å². The fourth-order valence-electron chi connectivity index (χ4n) is 3.35. The second-order valence-corrected chi connectivity index (χ2v) is 5.55. The van der Waals surface area contributed by atoms with Crippen LogP contribution in [0.4, 0.5) is 0 Å². The molecule has 1 unspecified atom stereocenters. The van der Waals surface area contributed by atoms with Crippen LogP contribution in [0.1, 0.15) is 47.7 Å². The Morgan fingerprint density at radius 2 is 1.94 bits per heavy atom. The molecule has 1 aromatic heterocycles. The van der Waals surface area contributed by atoms with Gasteiger partial charge < -0.3 is 10.3 Å². The Kier molecular flexibility index (Phi) is 2.90. The lowest BCUT2D eigenvalue weighted by Crippen LogP contribution is -2.16. The molecule has 2 N–H and O–H groups in total. The molecule has 18 heavy (non-hydrogen) atoms. The minimum absolute atomic E-state index is 0.511. The summed E-state index contributed by atoms with van der Waals surface area (Å²) in [5, 5.41) is 4.97. The minimum Gasteiger partial charge on any atom is -0.358 e. The van der Waals surface area contributed by atoms with E-state index in [1.165, 1.54) is 59.0 Å². The number of fused-ring (bicyclic) bond motifs is 3. The smallest absolute Gasteiger partial charge is 0.0491 e. The highest BCUT2D eigenvalue weighted by Gasteiger charge is 2.23. The van der Waals surface area contributed by atoms with Crippen molar-refractivity contribution in [2.45, 2.75) is 45.6 Å². The van der Waals surface area contributed by atoms with Gasteiger partial charge >= 0.3 is 0 Å². The zero-order valence-electron chi connectivity index (χ0n) is 11.6. The van der Waals surface area contributed by atoms with Crippen LogP contribution in [0.25, 0.3) is 10.9 Å². The van der Waals surface area contributed by atoms with E-state index >= 15 is 0 Å². The molecule has 1 atom stereocenters. The van der Waals surface area contributed by atoms with Crippen LogP contribution in [0, 0.1) is 13.8 Å². The Morgan fingerprint density at radius 3 is 2.72 bits per heavy atom. The van der Waals surface area contributed by atoms with Gasteiger partial charge in [-0.05, 0) is 56.8 Å². The fourth-order valence-corrected chi connectivity index (χ4v) is 3.35. The summed E-state index contributed by atoms with van der Waals surface area (Å²) < 4.78 is 0. The molecule has 2 heteroatoms. The van der Waals surface area contributed by atoms with Crippen LogP contribution in [0.5, 0.6) is 0 Å². The number of hydrogen-bond acceptors (Lipinski definition) is 1. The molecule has 3 rings (SSSR count). The van der Waals surface area contributed by atoms with E-state index in [0.717, 1.165) is 0 Å². The SMILES string of the molecule is CNC1CCCCc2[nH]c3c(C)ccc(C)c3c21. The molecule has 1 heterocycles. The molecule has 0 fully saturated rings. The van der Waals surface area contributed by atoms with Crippen LogP contribution in [0.2, 0.25) is 0 Å². The summed E-state index contributed by atoms with van der Waals surface area (Å²) in [6, 6.07) is 4.99. The van der Waals surface area contributed by atoms with E-state index < -0.39 is 0 Å². The summed E-state index contributed by atoms with van der Waals surface area (Å²) >= 11 is 0. The van der Waals surface area contributed by atoms with E-state index in [0.29, 0.717) is 6.04 Å². The summed E-state index contributed by atoms with van der Waals surface area (Å²) in [7, 11) is 2.09. The summed E-state index contributed by atoms with van der Waals surface area (Å²) in [4.78, 5) is 3.69. The molecule has 0 amide bonds. The molecule has 2 aromatic rings. The van der Waals surface area contributed by atoms with Gasteiger partial charge in [0.1, 0.15) is 0 Å². The van der Waals surface area contributed by atoms with E-state index in [1.54, 1.807) is 0 Å². The van der Waals surface area contributed by atoms with Crippen molar-refractivity contribution < 1.29 is 0 Å². The van der Waals surface area contributed by atoms with Gasteiger partial charge in [0.2, 0.25) is 0 Å². The van der Waals surface area contributed by atoms with Crippen molar-refractivity contribution in [2.75, 3.05) is 7.05 Å². The highest BCUT2D eigenvalue weighted by Crippen LogP contribution is 2.37. The molecule has 96 valence electrons. The van der Waals surface area contributed by atoms with Crippen LogP contribution in [-0.2, 0) is 6.42 Å². The van der Waals surface area contributed by atoms with E-state index in [4.69, 9.17) is 0 Å². The van der Waals surface area contributed by atoms with Gasteiger partial charge in [0.25, 0.3) is 0 Å².